The van der Waals surface area contributed by atoms with Crippen LogP contribution in [0.1, 0.15) is 401 Å². The summed E-state index contributed by atoms with van der Waals surface area (Å²) in [6.45, 7) is 9.51. The fourth-order valence-electron chi connectivity index (χ4n) is 11.8. The summed E-state index contributed by atoms with van der Waals surface area (Å²) in [4.78, 5) is 72.6. The number of carbonyl (C=O) groups is 4. The lowest BCUT2D eigenvalue weighted by molar-refractivity contribution is -0.161. The van der Waals surface area contributed by atoms with Crippen molar-refractivity contribution in [2.45, 2.75) is 419 Å². The number of aliphatic hydroxyl groups is 1. The smallest absolute Gasteiger partial charge is 0.462 e. The Balaban J connectivity index is 5.15. The quantitative estimate of drug-likeness (QED) is 0.0222. The normalized spacial score (nSPS) is 14.0. The molecule has 0 fully saturated rings. The SMILES string of the molecule is CCCCCCCCCCCCCCCCCCCCC(=O)OC[C@H](COP(=O)(O)OC[C@@H](O)COP(=O)(O)OC[C@@H](COC(=O)CCCCCCCCCC)OC(=O)CCCCCCCCC(C)C)OC(=O)CCCCCCCCCCCCCCCCCCCCC(C)C. The Morgan fingerprint density at radius 3 is 0.708 bits per heavy atom. The van der Waals surface area contributed by atoms with Crippen molar-refractivity contribution in [3.63, 3.8) is 0 Å². The number of phosphoric ester groups is 2. The zero-order chi connectivity index (χ0) is 70.7. The first-order valence-corrected chi connectivity index (χ1v) is 43.0. The zero-order valence-corrected chi connectivity index (χ0v) is 64.5. The maximum absolute atomic E-state index is 13.1. The van der Waals surface area contributed by atoms with E-state index in [1.807, 2.05) is 0 Å². The third kappa shape index (κ3) is 70.5. The Morgan fingerprint density at radius 1 is 0.281 bits per heavy atom. The van der Waals surface area contributed by atoms with Gasteiger partial charge in [0, 0.05) is 25.7 Å². The summed E-state index contributed by atoms with van der Waals surface area (Å²) in [6, 6.07) is 0. The van der Waals surface area contributed by atoms with Gasteiger partial charge in [-0.3, -0.25) is 37.3 Å². The molecule has 0 aromatic carbocycles. The molecule has 0 aliphatic carbocycles. The van der Waals surface area contributed by atoms with E-state index in [2.05, 4.69) is 41.5 Å². The topological polar surface area (TPSA) is 237 Å². The molecule has 17 nitrogen and oxygen atoms in total. The molecule has 0 bridgehead atoms. The fourth-order valence-corrected chi connectivity index (χ4v) is 13.4. The predicted octanol–water partition coefficient (Wildman–Crippen LogP) is 22.7. The highest BCUT2D eigenvalue weighted by Gasteiger charge is 2.30. The number of unbranched alkanes of at least 4 members (excludes halogenated alkanes) is 46. The van der Waals surface area contributed by atoms with Gasteiger partial charge in [-0.1, -0.05) is 350 Å². The third-order valence-corrected chi connectivity index (χ3v) is 19.9. The van der Waals surface area contributed by atoms with Crippen LogP contribution in [0.4, 0.5) is 0 Å². The molecule has 0 radical (unpaired) electrons. The number of rotatable bonds is 76. The molecule has 0 aliphatic heterocycles. The molecule has 0 aromatic rings. The Kier molecular flexibility index (Phi) is 67.4. The number of carbonyl (C=O) groups excluding carboxylic acids is 4. The second kappa shape index (κ2) is 68.8. The van der Waals surface area contributed by atoms with Crippen LogP contribution in [0, 0.1) is 11.8 Å². The van der Waals surface area contributed by atoms with Crippen molar-refractivity contribution in [2.24, 2.45) is 11.8 Å². The lowest BCUT2D eigenvalue weighted by Gasteiger charge is -2.21. The molecule has 0 spiro atoms. The van der Waals surface area contributed by atoms with Gasteiger partial charge in [0.05, 0.1) is 26.4 Å². The van der Waals surface area contributed by atoms with Gasteiger partial charge < -0.3 is 33.8 Å². The van der Waals surface area contributed by atoms with Gasteiger partial charge in [-0.25, -0.2) is 9.13 Å². The molecule has 0 aliphatic rings. The molecule has 19 heteroatoms. The first-order chi connectivity index (χ1) is 46.4. The molecule has 0 rings (SSSR count). The fraction of sp³-hybridized carbons (Fsp3) is 0.948. The van der Waals surface area contributed by atoms with Crippen LogP contribution in [0.15, 0.2) is 0 Å². The van der Waals surface area contributed by atoms with Crippen LogP contribution in [-0.4, -0.2) is 96.7 Å². The van der Waals surface area contributed by atoms with E-state index in [1.165, 1.54) is 212 Å². The average Bonchev–Trinajstić information content (AvgIpc) is 1.46. The van der Waals surface area contributed by atoms with Crippen LogP contribution in [0.25, 0.3) is 0 Å². The first-order valence-electron chi connectivity index (χ1n) is 40.0. The summed E-state index contributed by atoms with van der Waals surface area (Å²) < 4.78 is 68.4. The van der Waals surface area contributed by atoms with Crippen molar-refractivity contribution < 1.29 is 80.2 Å². The molecular weight excluding hydrogens is 1260 g/mol. The van der Waals surface area contributed by atoms with Gasteiger partial charge in [0.25, 0.3) is 0 Å². The molecule has 570 valence electrons. The van der Waals surface area contributed by atoms with Crippen LogP contribution in [0.2, 0.25) is 0 Å². The largest absolute Gasteiger partial charge is 0.472 e. The molecule has 96 heavy (non-hydrogen) atoms. The van der Waals surface area contributed by atoms with Gasteiger partial charge in [-0.15, -0.1) is 0 Å². The maximum atomic E-state index is 13.1. The van der Waals surface area contributed by atoms with Crippen molar-refractivity contribution in [1.82, 2.24) is 0 Å². The molecule has 0 saturated carbocycles. The minimum atomic E-state index is -4.96. The number of hydrogen-bond donors (Lipinski definition) is 3. The van der Waals surface area contributed by atoms with E-state index in [4.69, 9.17) is 37.0 Å². The number of esters is 4. The van der Waals surface area contributed by atoms with Crippen LogP contribution in [-0.2, 0) is 65.4 Å². The van der Waals surface area contributed by atoms with Crippen LogP contribution >= 0.6 is 15.6 Å². The number of ether oxygens (including phenoxy) is 4. The Morgan fingerprint density at radius 2 is 0.479 bits per heavy atom. The van der Waals surface area contributed by atoms with Gasteiger partial charge in [-0.2, -0.15) is 0 Å². The summed E-state index contributed by atoms with van der Waals surface area (Å²) in [5.41, 5.74) is 0. The first kappa shape index (κ1) is 94.1. The van der Waals surface area contributed by atoms with E-state index in [-0.39, 0.29) is 25.7 Å². The summed E-state index contributed by atoms with van der Waals surface area (Å²) in [5.74, 6) is -0.632. The summed E-state index contributed by atoms with van der Waals surface area (Å²) in [6.07, 6.45) is 57.3. The zero-order valence-electron chi connectivity index (χ0n) is 62.7. The maximum Gasteiger partial charge on any atom is 0.472 e. The Hall–Kier alpha value is -1.94. The lowest BCUT2D eigenvalue weighted by Crippen LogP contribution is -2.30. The predicted molar refractivity (Wildman–Crippen MR) is 391 cm³/mol. The van der Waals surface area contributed by atoms with Gasteiger partial charge in [-0.05, 0) is 37.5 Å². The van der Waals surface area contributed by atoms with E-state index in [0.717, 1.165) is 102 Å². The molecular formula is C77H150O17P2. The molecule has 0 aromatic heterocycles. The molecule has 0 amide bonds. The monoisotopic (exact) mass is 1410 g/mol. The second-order valence-electron chi connectivity index (χ2n) is 28.7. The third-order valence-electron chi connectivity index (χ3n) is 18.0. The van der Waals surface area contributed by atoms with Gasteiger partial charge in [0.2, 0.25) is 0 Å². The van der Waals surface area contributed by atoms with Gasteiger partial charge in [0.15, 0.2) is 12.2 Å². The standard InChI is InChI=1S/C77H150O17P2/c1-7-9-11-13-15-17-18-19-20-21-25-28-31-34-37-41-48-54-60-75(80)88-65-72(93-76(81)61-55-49-42-38-35-32-29-26-23-22-24-27-30-33-36-39-45-51-57-69(3)4)67-91-95(83,84)89-63-71(78)64-90-96(85,86)92-68-73(66-87-74(79)59-53-47-40-16-14-12-10-8-2)94-77(82)62-56-50-44-43-46-52-58-70(5)6/h69-73,78H,7-68H2,1-6H3,(H,83,84)(H,85,86)/t71-,72-,73-/m1/s1. The highest BCUT2D eigenvalue weighted by molar-refractivity contribution is 7.47. The summed E-state index contributed by atoms with van der Waals surface area (Å²) in [7, 11) is -9.90. The van der Waals surface area contributed by atoms with Crippen molar-refractivity contribution in [2.75, 3.05) is 39.6 Å². The van der Waals surface area contributed by atoms with E-state index in [0.29, 0.717) is 31.6 Å². The van der Waals surface area contributed by atoms with Gasteiger partial charge in [0.1, 0.15) is 19.3 Å². The molecule has 2 unspecified atom stereocenters. The van der Waals surface area contributed by atoms with Crippen LogP contribution < -0.4 is 0 Å². The summed E-state index contributed by atoms with van der Waals surface area (Å²) >= 11 is 0. The minimum absolute atomic E-state index is 0.102. The van der Waals surface area contributed by atoms with Crippen molar-refractivity contribution in [3.05, 3.63) is 0 Å². The number of phosphoric acid groups is 2. The highest BCUT2D eigenvalue weighted by atomic mass is 31.2. The van der Waals surface area contributed by atoms with Gasteiger partial charge >= 0.3 is 39.5 Å². The van der Waals surface area contributed by atoms with Crippen LogP contribution in [0.3, 0.4) is 0 Å². The van der Waals surface area contributed by atoms with Crippen molar-refractivity contribution in [1.29, 1.82) is 0 Å². The number of hydrogen-bond acceptors (Lipinski definition) is 15. The molecule has 5 atom stereocenters. The Labute approximate surface area is 588 Å². The van der Waals surface area contributed by atoms with Crippen molar-refractivity contribution in [3.8, 4) is 0 Å². The minimum Gasteiger partial charge on any atom is -0.462 e. The van der Waals surface area contributed by atoms with E-state index in [1.54, 1.807) is 0 Å². The van der Waals surface area contributed by atoms with E-state index < -0.39 is 97.5 Å². The molecule has 3 N–H and O–H groups in total. The summed E-state index contributed by atoms with van der Waals surface area (Å²) in [5, 5.41) is 10.6. The van der Waals surface area contributed by atoms with Crippen LogP contribution in [0.5, 0.6) is 0 Å². The molecule has 0 heterocycles. The highest BCUT2D eigenvalue weighted by Crippen LogP contribution is 2.45. The van der Waals surface area contributed by atoms with E-state index >= 15 is 0 Å². The number of aliphatic hydroxyl groups excluding tert-OH is 1. The lowest BCUT2D eigenvalue weighted by atomic mass is 10.0. The Bertz CT molecular complexity index is 1860. The molecule has 0 saturated heterocycles. The van der Waals surface area contributed by atoms with Crippen molar-refractivity contribution >= 4 is 39.5 Å². The average molecular weight is 1410 g/mol. The second-order valence-corrected chi connectivity index (χ2v) is 31.6. The van der Waals surface area contributed by atoms with E-state index in [9.17, 15) is 43.2 Å².